The molecule has 1 atom stereocenters. The Morgan fingerprint density at radius 1 is 0.628 bits per heavy atom. The summed E-state index contributed by atoms with van der Waals surface area (Å²) in [6, 6.07) is 0. The number of amides is 1. The number of nitrogens with one attached hydrogen (secondary N) is 1. The highest BCUT2D eigenvalue weighted by Crippen LogP contribution is 2.14. The van der Waals surface area contributed by atoms with E-state index in [1.165, 1.54) is 51.4 Å². The Labute approximate surface area is 263 Å². The molecule has 0 saturated carbocycles. The van der Waals surface area contributed by atoms with E-state index in [1.807, 2.05) is 6.08 Å². The van der Waals surface area contributed by atoms with Crippen molar-refractivity contribution in [2.45, 2.75) is 161 Å². The van der Waals surface area contributed by atoms with Crippen LogP contribution in [0, 0.1) is 0 Å². The van der Waals surface area contributed by atoms with Crippen molar-refractivity contribution in [1.29, 1.82) is 0 Å². The van der Waals surface area contributed by atoms with Gasteiger partial charge in [-0.1, -0.05) is 114 Å². The summed E-state index contributed by atoms with van der Waals surface area (Å²) in [7, 11) is 0. The van der Waals surface area contributed by atoms with E-state index in [2.05, 4.69) is 61.7 Å². The van der Waals surface area contributed by atoms with E-state index >= 15 is 0 Å². The van der Waals surface area contributed by atoms with Crippen molar-refractivity contribution in [2.24, 2.45) is 0 Å². The van der Waals surface area contributed by atoms with Gasteiger partial charge in [0.1, 0.15) is 12.6 Å². The topological polar surface area (TPSA) is 92.7 Å². The molecule has 1 amide bonds. The average molecular weight is 602 g/mol. The molecule has 246 valence electrons. The fourth-order valence-electron chi connectivity index (χ4n) is 4.60. The molecule has 0 aliphatic heterocycles. The van der Waals surface area contributed by atoms with Gasteiger partial charge in [0.2, 0.25) is 5.91 Å². The number of carboxylic acid groups (broad SMARTS) is 1. The number of hydrogen-bond acceptors (Lipinski definition) is 4. The monoisotopic (exact) mass is 601 g/mol. The third-order valence-corrected chi connectivity index (χ3v) is 7.21. The Bertz CT molecular complexity index is 799. The number of aliphatic carboxylic acids is 1. The van der Waals surface area contributed by atoms with Crippen LogP contribution in [0.3, 0.4) is 0 Å². The fraction of sp³-hybridized carbons (Fsp3) is 0.703. The summed E-state index contributed by atoms with van der Waals surface area (Å²) >= 11 is 0. The average Bonchev–Trinajstić information content (AvgIpc) is 2.99. The number of hydrogen-bond donors (Lipinski definition) is 2. The number of rotatable bonds is 30. The Hall–Kier alpha value is -2.63. The molecule has 6 heteroatoms. The molecule has 1 unspecified atom stereocenters. The van der Waals surface area contributed by atoms with Gasteiger partial charge in [-0.3, -0.25) is 14.4 Å². The van der Waals surface area contributed by atoms with Crippen molar-refractivity contribution in [1.82, 2.24) is 5.32 Å². The van der Waals surface area contributed by atoms with E-state index in [9.17, 15) is 14.4 Å². The molecule has 6 nitrogen and oxygen atoms in total. The first-order valence-electron chi connectivity index (χ1n) is 17.3. The maximum atomic E-state index is 12.5. The van der Waals surface area contributed by atoms with Crippen molar-refractivity contribution in [3.05, 3.63) is 48.6 Å². The molecule has 0 bridgehead atoms. The van der Waals surface area contributed by atoms with Crippen LogP contribution in [0.1, 0.15) is 155 Å². The van der Waals surface area contributed by atoms with Crippen LogP contribution in [0.25, 0.3) is 0 Å². The highest BCUT2D eigenvalue weighted by molar-refractivity contribution is 5.80. The summed E-state index contributed by atoms with van der Waals surface area (Å²) in [5, 5.41) is 11.0. The van der Waals surface area contributed by atoms with Crippen LogP contribution >= 0.6 is 0 Å². The molecule has 2 N–H and O–H groups in total. The SMILES string of the molecule is CCCC/C=C\C/C=C\C(CCCCCCC(=O)NCC(=O)O)OC(=O)CCCCCCC/C=C\C/C=C\CCCCC. The summed E-state index contributed by atoms with van der Waals surface area (Å²) in [5.41, 5.74) is 0. The second-order valence-electron chi connectivity index (χ2n) is 11.4. The molecule has 0 spiro atoms. The maximum Gasteiger partial charge on any atom is 0.322 e. The largest absolute Gasteiger partial charge is 0.480 e. The van der Waals surface area contributed by atoms with Gasteiger partial charge in [-0.25, -0.2) is 0 Å². The molecule has 0 aromatic heterocycles. The van der Waals surface area contributed by atoms with Gasteiger partial charge in [0.05, 0.1) is 0 Å². The van der Waals surface area contributed by atoms with Crippen LogP contribution in [0.15, 0.2) is 48.6 Å². The molecule has 0 heterocycles. The number of allylic oxidation sites excluding steroid dienone is 7. The molecule has 0 aliphatic carbocycles. The Morgan fingerprint density at radius 3 is 1.81 bits per heavy atom. The second kappa shape index (κ2) is 32.3. The predicted molar refractivity (Wildman–Crippen MR) is 180 cm³/mol. The lowest BCUT2D eigenvalue weighted by Gasteiger charge is -2.14. The highest BCUT2D eigenvalue weighted by atomic mass is 16.5. The van der Waals surface area contributed by atoms with Gasteiger partial charge in [-0.05, 0) is 76.7 Å². The van der Waals surface area contributed by atoms with Crippen LogP contribution in [-0.2, 0) is 19.1 Å². The molecule has 0 aromatic rings. The third kappa shape index (κ3) is 32.1. The van der Waals surface area contributed by atoms with Gasteiger partial charge in [0.25, 0.3) is 0 Å². The van der Waals surface area contributed by atoms with Crippen LogP contribution in [0.4, 0.5) is 0 Å². The zero-order valence-corrected chi connectivity index (χ0v) is 27.5. The lowest BCUT2D eigenvalue weighted by Crippen LogP contribution is -2.28. The number of carbonyl (C=O) groups is 3. The standard InChI is InChI=1S/C37H63NO5/c1-3-5-7-9-11-12-13-14-15-16-17-18-20-22-28-32-37(42)43-34(29-25-21-19-10-8-6-4-2)30-26-23-24-27-31-35(39)38-33-36(40)41/h10-12,14-15,19,25,29,34H,3-9,13,16-18,20-24,26-28,30-33H2,1-2H3,(H,38,39)(H,40,41)/b12-11-,15-14-,19-10-,29-25-. The molecule has 0 aliphatic rings. The van der Waals surface area contributed by atoms with E-state index < -0.39 is 5.97 Å². The lowest BCUT2D eigenvalue weighted by atomic mass is 10.1. The number of carboxylic acids is 1. The van der Waals surface area contributed by atoms with Crippen LogP contribution < -0.4 is 5.32 Å². The molecular weight excluding hydrogens is 538 g/mol. The third-order valence-electron chi connectivity index (χ3n) is 7.21. The van der Waals surface area contributed by atoms with Crippen LogP contribution in [0.2, 0.25) is 0 Å². The Morgan fingerprint density at radius 2 is 1.16 bits per heavy atom. The summed E-state index contributed by atoms with van der Waals surface area (Å²) < 4.78 is 5.83. The lowest BCUT2D eigenvalue weighted by molar-refractivity contribution is -0.147. The van der Waals surface area contributed by atoms with Crippen molar-refractivity contribution in [3.8, 4) is 0 Å². The summed E-state index contributed by atoms with van der Waals surface area (Å²) in [6.45, 7) is 4.10. The minimum Gasteiger partial charge on any atom is -0.480 e. The smallest absolute Gasteiger partial charge is 0.322 e. The van der Waals surface area contributed by atoms with Crippen LogP contribution in [-0.4, -0.2) is 35.6 Å². The number of unbranched alkanes of at least 4 members (excludes halogenated alkanes) is 13. The first-order chi connectivity index (χ1) is 21.0. The fourth-order valence-corrected chi connectivity index (χ4v) is 4.60. The van der Waals surface area contributed by atoms with Crippen molar-refractivity contribution >= 4 is 17.8 Å². The molecule has 0 saturated heterocycles. The van der Waals surface area contributed by atoms with E-state index in [1.54, 1.807) is 0 Å². The van der Waals surface area contributed by atoms with E-state index in [0.717, 1.165) is 77.0 Å². The van der Waals surface area contributed by atoms with E-state index in [0.29, 0.717) is 12.8 Å². The molecule has 0 fully saturated rings. The zero-order chi connectivity index (χ0) is 31.6. The normalized spacial score (nSPS) is 12.6. The molecule has 0 aromatic carbocycles. The predicted octanol–water partition coefficient (Wildman–Crippen LogP) is 9.95. The zero-order valence-electron chi connectivity index (χ0n) is 27.5. The van der Waals surface area contributed by atoms with Crippen LogP contribution in [0.5, 0.6) is 0 Å². The van der Waals surface area contributed by atoms with Gasteiger partial charge >= 0.3 is 11.9 Å². The highest BCUT2D eigenvalue weighted by Gasteiger charge is 2.11. The van der Waals surface area contributed by atoms with Crippen molar-refractivity contribution < 1.29 is 24.2 Å². The van der Waals surface area contributed by atoms with Crippen molar-refractivity contribution in [3.63, 3.8) is 0 Å². The van der Waals surface area contributed by atoms with Gasteiger partial charge in [-0.2, -0.15) is 0 Å². The van der Waals surface area contributed by atoms with Gasteiger partial charge in [-0.15, -0.1) is 0 Å². The van der Waals surface area contributed by atoms with Gasteiger partial charge in [0.15, 0.2) is 0 Å². The Kier molecular flexibility index (Phi) is 30.3. The van der Waals surface area contributed by atoms with E-state index in [4.69, 9.17) is 9.84 Å². The first kappa shape index (κ1) is 40.4. The van der Waals surface area contributed by atoms with Gasteiger partial charge in [0, 0.05) is 12.8 Å². The minimum absolute atomic E-state index is 0.117. The number of carbonyl (C=O) groups excluding carboxylic acids is 2. The minimum atomic E-state index is -1.03. The van der Waals surface area contributed by atoms with E-state index in [-0.39, 0.29) is 24.5 Å². The summed E-state index contributed by atoms with van der Waals surface area (Å²) in [6.07, 6.45) is 39.6. The Balaban J connectivity index is 4.19. The number of ether oxygens (including phenoxy) is 1. The molecular formula is C37H63NO5. The molecule has 0 radical (unpaired) electrons. The molecule has 43 heavy (non-hydrogen) atoms. The van der Waals surface area contributed by atoms with Gasteiger partial charge < -0.3 is 15.2 Å². The number of esters is 1. The quantitative estimate of drug-likeness (QED) is 0.0485. The maximum absolute atomic E-state index is 12.5. The summed E-state index contributed by atoms with van der Waals surface area (Å²) in [5.74, 6) is -1.37. The summed E-state index contributed by atoms with van der Waals surface area (Å²) in [4.78, 5) is 34.7. The molecule has 0 rings (SSSR count). The first-order valence-corrected chi connectivity index (χ1v) is 17.3. The van der Waals surface area contributed by atoms with Crippen molar-refractivity contribution in [2.75, 3.05) is 6.54 Å². The second-order valence-corrected chi connectivity index (χ2v) is 11.4.